The van der Waals surface area contributed by atoms with Crippen LogP contribution in [0, 0.1) is 0 Å². The lowest BCUT2D eigenvalue weighted by molar-refractivity contribution is -0.139. The standard InChI is InChI=1S/C17H22F3N3O/c18-17(19,20)12-23-9-6-14-15(2-1-3-16(14)23)21-13-4-7-22(8-5-13)10-11-24/h1-3,6,9,13,21,24H,4-5,7-8,10-12H2. The van der Waals surface area contributed by atoms with Crippen molar-refractivity contribution in [3.8, 4) is 0 Å². The topological polar surface area (TPSA) is 40.4 Å². The molecule has 1 saturated heterocycles. The number of fused-ring (bicyclic) bond motifs is 1. The molecule has 1 aromatic heterocycles. The van der Waals surface area contributed by atoms with Crippen LogP contribution in [0.4, 0.5) is 18.9 Å². The lowest BCUT2D eigenvalue weighted by atomic mass is 10.0. The number of nitrogens with one attached hydrogen (secondary N) is 1. The van der Waals surface area contributed by atoms with E-state index in [-0.39, 0.29) is 6.61 Å². The second-order valence-electron chi connectivity index (χ2n) is 6.28. The molecule has 0 spiro atoms. The summed E-state index contributed by atoms with van der Waals surface area (Å²) in [5, 5.41) is 13.3. The average Bonchev–Trinajstić information content (AvgIpc) is 2.92. The van der Waals surface area contributed by atoms with E-state index in [1.165, 1.54) is 10.8 Å². The van der Waals surface area contributed by atoms with Gasteiger partial charge in [-0.05, 0) is 31.0 Å². The first-order valence-corrected chi connectivity index (χ1v) is 8.20. The molecule has 1 fully saturated rings. The van der Waals surface area contributed by atoms with Crippen molar-refractivity contribution in [2.24, 2.45) is 0 Å². The molecule has 0 bridgehead atoms. The summed E-state index contributed by atoms with van der Waals surface area (Å²) in [5.41, 5.74) is 1.48. The number of alkyl halides is 3. The van der Waals surface area contributed by atoms with E-state index in [0.717, 1.165) is 37.0 Å². The van der Waals surface area contributed by atoms with Crippen LogP contribution in [0.25, 0.3) is 10.9 Å². The number of halogens is 3. The highest BCUT2D eigenvalue weighted by molar-refractivity contribution is 5.92. The molecule has 0 amide bonds. The first-order valence-electron chi connectivity index (χ1n) is 8.20. The van der Waals surface area contributed by atoms with Gasteiger partial charge >= 0.3 is 6.18 Å². The molecule has 7 heteroatoms. The molecule has 1 aliphatic heterocycles. The van der Waals surface area contributed by atoms with Crippen molar-refractivity contribution in [1.82, 2.24) is 9.47 Å². The smallest absolute Gasteiger partial charge is 0.395 e. The number of rotatable bonds is 5. The maximum atomic E-state index is 12.7. The van der Waals surface area contributed by atoms with Crippen LogP contribution in [-0.2, 0) is 6.54 Å². The fraction of sp³-hybridized carbons (Fsp3) is 0.529. The Kier molecular flexibility index (Phi) is 5.01. The quantitative estimate of drug-likeness (QED) is 0.878. The second-order valence-corrected chi connectivity index (χ2v) is 6.28. The Bertz CT molecular complexity index is 675. The van der Waals surface area contributed by atoms with Crippen molar-refractivity contribution >= 4 is 16.6 Å². The lowest BCUT2D eigenvalue weighted by Crippen LogP contribution is -2.40. The number of benzene rings is 1. The number of anilines is 1. The van der Waals surface area contributed by atoms with E-state index in [4.69, 9.17) is 5.11 Å². The molecule has 1 aromatic carbocycles. The Morgan fingerprint density at radius 2 is 1.92 bits per heavy atom. The highest BCUT2D eigenvalue weighted by Gasteiger charge is 2.28. The van der Waals surface area contributed by atoms with Gasteiger partial charge in [-0.15, -0.1) is 0 Å². The molecule has 132 valence electrons. The zero-order valence-electron chi connectivity index (χ0n) is 13.4. The molecule has 1 aliphatic rings. The number of β-amino-alcohol motifs (C(OH)–C–C–N with tert-alkyl or cyclic N) is 1. The Balaban J connectivity index is 1.72. The molecule has 0 aliphatic carbocycles. The second kappa shape index (κ2) is 7.03. The van der Waals surface area contributed by atoms with Gasteiger partial charge in [0.25, 0.3) is 0 Å². The summed E-state index contributed by atoms with van der Waals surface area (Å²) in [5.74, 6) is 0. The average molecular weight is 341 g/mol. The first-order chi connectivity index (χ1) is 11.5. The van der Waals surface area contributed by atoms with E-state index >= 15 is 0 Å². The maximum Gasteiger partial charge on any atom is 0.406 e. The number of aliphatic hydroxyl groups excluding tert-OH is 1. The van der Waals surface area contributed by atoms with E-state index in [2.05, 4.69) is 10.2 Å². The van der Waals surface area contributed by atoms with Gasteiger partial charge in [-0.3, -0.25) is 0 Å². The number of piperidine rings is 1. The Hall–Kier alpha value is -1.73. The van der Waals surface area contributed by atoms with Crippen LogP contribution in [0.15, 0.2) is 30.5 Å². The molecule has 24 heavy (non-hydrogen) atoms. The number of hydrogen-bond acceptors (Lipinski definition) is 3. The van der Waals surface area contributed by atoms with Gasteiger partial charge in [0.1, 0.15) is 6.54 Å². The molecule has 2 heterocycles. The van der Waals surface area contributed by atoms with Gasteiger partial charge in [0.2, 0.25) is 0 Å². The van der Waals surface area contributed by atoms with Crippen molar-refractivity contribution in [3.63, 3.8) is 0 Å². The molecular weight excluding hydrogens is 319 g/mol. The van der Waals surface area contributed by atoms with Crippen molar-refractivity contribution < 1.29 is 18.3 Å². The summed E-state index contributed by atoms with van der Waals surface area (Å²) >= 11 is 0. The molecule has 3 rings (SSSR count). The highest BCUT2D eigenvalue weighted by atomic mass is 19.4. The maximum absolute atomic E-state index is 12.7. The minimum atomic E-state index is -4.23. The normalized spacial score (nSPS) is 17.5. The van der Waals surface area contributed by atoms with E-state index in [0.29, 0.717) is 18.1 Å². The first kappa shape index (κ1) is 17.1. The predicted octanol–water partition coefficient (Wildman–Crippen LogP) is 3.07. The molecule has 0 radical (unpaired) electrons. The minimum absolute atomic E-state index is 0.171. The number of aromatic nitrogens is 1. The summed E-state index contributed by atoms with van der Waals surface area (Å²) in [6.07, 6.45) is -0.818. The summed E-state index contributed by atoms with van der Waals surface area (Å²) in [4.78, 5) is 2.22. The fourth-order valence-corrected chi connectivity index (χ4v) is 3.34. The molecule has 4 nitrogen and oxygen atoms in total. The van der Waals surface area contributed by atoms with E-state index in [1.807, 2.05) is 6.07 Å². The number of aliphatic hydroxyl groups is 1. The Morgan fingerprint density at radius 1 is 1.17 bits per heavy atom. The molecular formula is C17H22F3N3O. The summed E-state index contributed by atoms with van der Waals surface area (Å²) in [6, 6.07) is 7.47. The van der Waals surface area contributed by atoms with Crippen LogP contribution in [0.3, 0.4) is 0 Å². The minimum Gasteiger partial charge on any atom is -0.395 e. The third kappa shape index (κ3) is 4.02. The number of hydrogen-bond donors (Lipinski definition) is 2. The molecule has 0 saturated carbocycles. The van der Waals surface area contributed by atoms with Crippen LogP contribution in [0.2, 0.25) is 0 Å². The zero-order chi connectivity index (χ0) is 17.2. The Morgan fingerprint density at radius 3 is 2.58 bits per heavy atom. The van der Waals surface area contributed by atoms with Crippen LogP contribution >= 0.6 is 0 Å². The van der Waals surface area contributed by atoms with Gasteiger partial charge in [0.05, 0.1) is 12.1 Å². The van der Waals surface area contributed by atoms with Crippen molar-refractivity contribution in [3.05, 3.63) is 30.5 Å². The summed E-state index contributed by atoms with van der Waals surface area (Å²) in [7, 11) is 0. The highest BCUT2D eigenvalue weighted by Crippen LogP contribution is 2.29. The summed E-state index contributed by atoms with van der Waals surface area (Å²) in [6.45, 7) is 1.73. The summed E-state index contributed by atoms with van der Waals surface area (Å²) < 4.78 is 39.2. The van der Waals surface area contributed by atoms with Crippen LogP contribution in [-0.4, -0.2) is 53.0 Å². The van der Waals surface area contributed by atoms with Crippen molar-refractivity contribution in [1.29, 1.82) is 0 Å². The fourth-order valence-electron chi connectivity index (χ4n) is 3.34. The molecule has 2 N–H and O–H groups in total. The van der Waals surface area contributed by atoms with Gasteiger partial charge < -0.3 is 19.9 Å². The Labute approximate surface area is 138 Å². The van der Waals surface area contributed by atoms with Gasteiger partial charge in [-0.25, -0.2) is 0 Å². The van der Waals surface area contributed by atoms with Gasteiger partial charge in [0, 0.05) is 42.9 Å². The van der Waals surface area contributed by atoms with Gasteiger partial charge in [0.15, 0.2) is 0 Å². The van der Waals surface area contributed by atoms with Crippen LogP contribution in [0.5, 0.6) is 0 Å². The number of likely N-dealkylation sites (tertiary alicyclic amines) is 1. The number of nitrogens with zero attached hydrogens (tertiary/aromatic N) is 2. The third-order valence-corrected chi connectivity index (χ3v) is 4.53. The molecule has 0 unspecified atom stereocenters. The third-order valence-electron chi connectivity index (χ3n) is 4.53. The van der Waals surface area contributed by atoms with E-state index < -0.39 is 12.7 Å². The van der Waals surface area contributed by atoms with Gasteiger partial charge in [-0.2, -0.15) is 13.2 Å². The SMILES string of the molecule is OCCN1CCC(Nc2cccc3c2ccn3CC(F)(F)F)CC1. The molecule has 0 atom stereocenters. The van der Waals surface area contributed by atoms with Crippen LogP contribution < -0.4 is 5.32 Å². The van der Waals surface area contributed by atoms with Crippen molar-refractivity contribution in [2.45, 2.75) is 31.6 Å². The van der Waals surface area contributed by atoms with Crippen LogP contribution in [0.1, 0.15) is 12.8 Å². The van der Waals surface area contributed by atoms with E-state index in [1.54, 1.807) is 18.2 Å². The monoisotopic (exact) mass is 341 g/mol. The largest absolute Gasteiger partial charge is 0.406 e. The van der Waals surface area contributed by atoms with E-state index in [9.17, 15) is 13.2 Å². The zero-order valence-corrected chi connectivity index (χ0v) is 13.4. The van der Waals surface area contributed by atoms with Gasteiger partial charge in [-0.1, -0.05) is 6.07 Å². The predicted molar refractivity (Wildman–Crippen MR) is 88.2 cm³/mol. The molecule has 2 aromatic rings. The lowest BCUT2D eigenvalue weighted by Gasteiger charge is -2.32. The van der Waals surface area contributed by atoms with Crippen molar-refractivity contribution in [2.75, 3.05) is 31.6 Å².